The third-order valence-corrected chi connectivity index (χ3v) is 2.14. The Morgan fingerprint density at radius 1 is 1.21 bits per heavy atom. The molecule has 0 atom stereocenters. The summed E-state index contributed by atoms with van der Waals surface area (Å²) in [4.78, 5) is 10.4. The molecule has 0 saturated carbocycles. The Hall–Kier alpha value is -1.35. The van der Waals surface area contributed by atoms with E-state index >= 15 is 0 Å². The van der Waals surface area contributed by atoms with E-state index in [0.29, 0.717) is 13.0 Å². The molecule has 0 aliphatic carbocycles. The molecule has 1 aromatic rings. The summed E-state index contributed by atoms with van der Waals surface area (Å²) in [5.41, 5.74) is 7.73. The Morgan fingerprint density at radius 3 is 2.29 bits per heavy atom. The molecular weight excluding hydrogens is 178 g/mol. The summed E-state index contributed by atoms with van der Waals surface area (Å²) in [6.45, 7) is 0.601. The van der Waals surface area contributed by atoms with Crippen LogP contribution in [0.3, 0.4) is 0 Å². The molecule has 0 radical (unpaired) electrons. The monoisotopic (exact) mass is 193 g/mol. The van der Waals surface area contributed by atoms with Gasteiger partial charge in [-0.15, -0.1) is 0 Å². The average Bonchev–Trinajstić information content (AvgIpc) is 2.17. The predicted molar refractivity (Wildman–Crippen MR) is 55.2 cm³/mol. The van der Waals surface area contributed by atoms with Crippen LogP contribution >= 0.6 is 0 Å². The summed E-state index contributed by atoms with van der Waals surface area (Å²) in [7, 11) is 0. The van der Waals surface area contributed by atoms with Crippen LogP contribution in [0.15, 0.2) is 24.3 Å². The first-order valence-corrected chi connectivity index (χ1v) is 4.72. The van der Waals surface area contributed by atoms with Gasteiger partial charge in [-0.25, -0.2) is 0 Å². The van der Waals surface area contributed by atoms with Gasteiger partial charge in [0, 0.05) is 6.42 Å². The molecule has 0 aliphatic rings. The Labute approximate surface area is 83.6 Å². The first-order chi connectivity index (χ1) is 6.74. The lowest BCUT2D eigenvalue weighted by molar-refractivity contribution is -0.136. The van der Waals surface area contributed by atoms with E-state index in [0.717, 1.165) is 17.5 Å². The molecule has 0 bridgehead atoms. The van der Waals surface area contributed by atoms with Crippen molar-refractivity contribution in [2.24, 2.45) is 5.73 Å². The lowest BCUT2D eigenvalue weighted by Crippen LogP contribution is -2.06. The first kappa shape index (κ1) is 10.7. The van der Waals surface area contributed by atoms with Gasteiger partial charge in [-0.3, -0.25) is 4.79 Å². The van der Waals surface area contributed by atoms with Crippen molar-refractivity contribution in [3.8, 4) is 0 Å². The lowest BCUT2D eigenvalue weighted by atomic mass is 10.0. The highest BCUT2D eigenvalue weighted by Gasteiger charge is 2.03. The van der Waals surface area contributed by atoms with Crippen molar-refractivity contribution in [3.63, 3.8) is 0 Å². The van der Waals surface area contributed by atoms with Gasteiger partial charge in [0.1, 0.15) is 0 Å². The SMILES string of the molecule is NCCc1ccccc1CCC(=O)O. The smallest absolute Gasteiger partial charge is 0.303 e. The lowest BCUT2D eigenvalue weighted by Gasteiger charge is -2.06. The number of hydrogen-bond acceptors (Lipinski definition) is 2. The molecule has 76 valence electrons. The van der Waals surface area contributed by atoms with Gasteiger partial charge < -0.3 is 10.8 Å². The Balaban J connectivity index is 2.68. The number of hydrogen-bond donors (Lipinski definition) is 2. The van der Waals surface area contributed by atoms with Crippen molar-refractivity contribution >= 4 is 5.97 Å². The van der Waals surface area contributed by atoms with Crippen molar-refractivity contribution in [2.75, 3.05) is 6.54 Å². The molecule has 3 nitrogen and oxygen atoms in total. The highest BCUT2D eigenvalue weighted by Crippen LogP contribution is 2.11. The van der Waals surface area contributed by atoms with E-state index in [9.17, 15) is 4.79 Å². The molecule has 0 spiro atoms. The Bertz CT molecular complexity index is 310. The largest absolute Gasteiger partial charge is 0.481 e. The first-order valence-electron chi connectivity index (χ1n) is 4.72. The maximum absolute atomic E-state index is 10.4. The van der Waals surface area contributed by atoms with Crippen LogP contribution in [0.1, 0.15) is 17.5 Å². The molecule has 3 heteroatoms. The van der Waals surface area contributed by atoms with Crippen LogP contribution in [0.4, 0.5) is 0 Å². The molecule has 3 N–H and O–H groups in total. The second-order valence-corrected chi connectivity index (χ2v) is 3.20. The van der Waals surface area contributed by atoms with Crippen LogP contribution in [0.25, 0.3) is 0 Å². The zero-order valence-corrected chi connectivity index (χ0v) is 8.07. The van der Waals surface area contributed by atoms with E-state index in [4.69, 9.17) is 10.8 Å². The van der Waals surface area contributed by atoms with Gasteiger partial charge >= 0.3 is 5.97 Å². The standard InChI is InChI=1S/C11H15NO2/c12-8-7-10-4-2-1-3-9(10)5-6-11(13)14/h1-4H,5-8,12H2,(H,13,14). The molecule has 0 saturated heterocycles. The average molecular weight is 193 g/mol. The minimum Gasteiger partial charge on any atom is -0.481 e. The highest BCUT2D eigenvalue weighted by molar-refractivity contribution is 5.67. The molecule has 0 heterocycles. The Morgan fingerprint density at radius 2 is 1.79 bits per heavy atom. The zero-order chi connectivity index (χ0) is 10.4. The fourth-order valence-corrected chi connectivity index (χ4v) is 1.44. The number of carboxylic acids is 1. The molecule has 1 aromatic carbocycles. The van der Waals surface area contributed by atoms with Gasteiger partial charge in [-0.1, -0.05) is 24.3 Å². The van der Waals surface area contributed by atoms with Crippen LogP contribution in [0.2, 0.25) is 0 Å². The van der Waals surface area contributed by atoms with Gasteiger partial charge in [-0.05, 0) is 30.5 Å². The van der Waals surface area contributed by atoms with E-state index in [1.807, 2.05) is 24.3 Å². The fourth-order valence-electron chi connectivity index (χ4n) is 1.44. The molecular formula is C11H15NO2. The second kappa shape index (κ2) is 5.40. The number of benzene rings is 1. The summed E-state index contributed by atoms with van der Waals surface area (Å²) < 4.78 is 0. The van der Waals surface area contributed by atoms with Crippen molar-refractivity contribution in [3.05, 3.63) is 35.4 Å². The van der Waals surface area contributed by atoms with Crippen LogP contribution in [0.5, 0.6) is 0 Å². The van der Waals surface area contributed by atoms with Crippen LogP contribution in [-0.4, -0.2) is 17.6 Å². The number of rotatable bonds is 5. The topological polar surface area (TPSA) is 63.3 Å². The number of carboxylic acid groups (broad SMARTS) is 1. The normalized spacial score (nSPS) is 10.1. The third-order valence-electron chi connectivity index (χ3n) is 2.14. The van der Waals surface area contributed by atoms with Gasteiger partial charge in [-0.2, -0.15) is 0 Å². The minimum absolute atomic E-state index is 0.182. The number of nitrogens with two attached hydrogens (primary N) is 1. The summed E-state index contributed by atoms with van der Waals surface area (Å²) in [5, 5.41) is 8.57. The maximum Gasteiger partial charge on any atom is 0.303 e. The van der Waals surface area contributed by atoms with Crippen molar-refractivity contribution in [2.45, 2.75) is 19.3 Å². The van der Waals surface area contributed by atoms with E-state index in [-0.39, 0.29) is 6.42 Å². The molecule has 0 aliphatic heterocycles. The number of aryl methyl sites for hydroxylation is 1. The van der Waals surface area contributed by atoms with Gasteiger partial charge in [0.05, 0.1) is 0 Å². The van der Waals surface area contributed by atoms with Gasteiger partial charge in [0.15, 0.2) is 0 Å². The highest BCUT2D eigenvalue weighted by atomic mass is 16.4. The second-order valence-electron chi connectivity index (χ2n) is 3.20. The number of aliphatic carboxylic acids is 1. The molecule has 0 fully saturated rings. The van der Waals surface area contributed by atoms with Crippen molar-refractivity contribution < 1.29 is 9.90 Å². The van der Waals surface area contributed by atoms with E-state index in [1.54, 1.807) is 0 Å². The van der Waals surface area contributed by atoms with Crippen molar-refractivity contribution in [1.29, 1.82) is 0 Å². The summed E-state index contributed by atoms with van der Waals surface area (Å²) >= 11 is 0. The predicted octanol–water partition coefficient (Wildman–Crippen LogP) is 1.21. The Kier molecular flexibility index (Phi) is 4.13. The maximum atomic E-state index is 10.4. The van der Waals surface area contributed by atoms with Crippen LogP contribution < -0.4 is 5.73 Å². The van der Waals surface area contributed by atoms with Crippen LogP contribution in [-0.2, 0) is 17.6 Å². The molecule has 0 unspecified atom stereocenters. The summed E-state index contributed by atoms with van der Waals surface area (Å²) in [6, 6.07) is 7.85. The minimum atomic E-state index is -0.757. The molecule has 0 amide bonds. The fraction of sp³-hybridized carbons (Fsp3) is 0.364. The van der Waals surface area contributed by atoms with E-state index in [2.05, 4.69) is 0 Å². The quantitative estimate of drug-likeness (QED) is 0.738. The molecule has 1 rings (SSSR count). The third kappa shape index (κ3) is 3.18. The zero-order valence-electron chi connectivity index (χ0n) is 8.07. The van der Waals surface area contributed by atoms with E-state index in [1.165, 1.54) is 0 Å². The summed E-state index contributed by atoms with van der Waals surface area (Å²) in [6.07, 6.45) is 1.59. The molecule has 0 aromatic heterocycles. The van der Waals surface area contributed by atoms with Gasteiger partial charge in [0.25, 0.3) is 0 Å². The molecule has 14 heavy (non-hydrogen) atoms. The van der Waals surface area contributed by atoms with E-state index < -0.39 is 5.97 Å². The summed E-state index contributed by atoms with van der Waals surface area (Å²) in [5.74, 6) is -0.757. The van der Waals surface area contributed by atoms with Gasteiger partial charge in [0.2, 0.25) is 0 Å². The number of carbonyl (C=O) groups is 1. The van der Waals surface area contributed by atoms with Crippen molar-refractivity contribution in [1.82, 2.24) is 0 Å². The van der Waals surface area contributed by atoms with Crippen LogP contribution in [0, 0.1) is 0 Å².